The van der Waals surface area contributed by atoms with Gasteiger partial charge in [-0.05, 0) is 30.7 Å². The van der Waals surface area contributed by atoms with Crippen LogP contribution in [0.4, 0.5) is 0 Å². The Morgan fingerprint density at radius 2 is 2.29 bits per heavy atom. The van der Waals surface area contributed by atoms with E-state index < -0.39 is 0 Å². The Balaban J connectivity index is 2.55. The first-order chi connectivity index (χ1) is 6.66. The van der Waals surface area contributed by atoms with Crippen LogP contribution in [0.15, 0.2) is 28.9 Å². The number of halogens is 1. The number of ketones is 1. The molecule has 0 atom stereocenters. The number of carbonyl (C=O) groups excluding carboxylic acids is 1. The smallest absolute Gasteiger partial charge is 0.134 e. The van der Waals surface area contributed by atoms with Gasteiger partial charge in [0.15, 0.2) is 0 Å². The summed E-state index contributed by atoms with van der Waals surface area (Å²) in [6.07, 6.45) is 2.40. The summed E-state index contributed by atoms with van der Waals surface area (Å²) in [5.74, 6) is 0.186. The molecule has 0 spiro atoms. The maximum absolute atomic E-state index is 11.0. The van der Waals surface area contributed by atoms with Gasteiger partial charge >= 0.3 is 0 Å². The van der Waals surface area contributed by atoms with Crippen molar-refractivity contribution in [2.24, 2.45) is 0 Å². The number of benzene rings is 1. The SMILES string of the molecule is CC(=O)Cc1c[nH]c2ccc(Br)cc12. The number of fused-ring (bicyclic) bond motifs is 1. The highest BCUT2D eigenvalue weighted by atomic mass is 79.9. The lowest BCUT2D eigenvalue weighted by atomic mass is 10.1. The molecule has 0 saturated heterocycles. The van der Waals surface area contributed by atoms with Gasteiger partial charge in [-0.15, -0.1) is 0 Å². The van der Waals surface area contributed by atoms with E-state index in [2.05, 4.69) is 20.9 Å². The Morgan fingerprint density at radius 3 is 3.00 bits per heavy atom. The van der Waals surface area contributed by atoms with Gasteiger partial charge in [-0.1, -0.05) is 15.9 Å². The van der Waals surface area contributed by atoms with Crippen LogP contribution in [0.2, 0.25) is 0 Å². The van der Waals surface area contributed by atoms with E-state index >= 15 is 0 Å². The molecule has 3 heteroatoms. The Hall–Kier alpha value is -1.09. The summed E-state index contributed by atoms with van der Waals surface area (Å²) >= 11 is 3.42. The largest absolute Gasteiger partial charge is 0.361 e. The second-order valence-corrected chi connectivity index (χ2v) is 4.30. The highest BCUT2D eigenvalue weighted by Crippen LogP contribution is 2.22. The minimum Gasteiger partial charge on any atom is -0.361 e. The summed E-state index contributed by atoms with van der Waals surface area (Å²) in [4.78, 5) is 14.2. The van der Waals surface area contributed by atoms with E-state index in [9.17, 15) is 4.79 Å². The second kappa shape index (κ2) is 3.58. The van der Waals surface area contributed by atoms with Gasteiger partial charge in [0, 0.05) is 28.0 Å². The van der Waals surface area contributed by atoms with E-state index in [-0.39, 0.29) is 5.78 Å². The Kier molecular flexibility index (Phi) is 2.42. The average molecular weight is 252 g/mol. The van der Waals surface area contributed by atoms with Crippen LogP contribution in [0, 0.1) is 0 Å². The predicted molar refractivity (Wildman–Crippen MR) is 60.4 cm³/mol. The summed E-state index contributed by atoms with van der Waals surface area (Å²) in [6, 6.07) is 6.02. The van der Waals surface area contributed by atoms with Gasteiger partial charge in [-0.2, -0.15) is 0 Å². The van der Waals surface area contributed by atoms with Crippen molar-refractivity contribution < 1.29 is 4.79 Å². The van der Waals surface area contributed by atoms with Crippen LogP contribution in [0.3, 0.4) is 0 Å². The summed E-state index contributed by atoms with van der Waals surface area (Å²) < 4.78 is 1.04. The molecule has 0 aliphatic heterocycles. The lowest BCUT2D eigenvalue weighted by Crippen LogP contribution is -1.94. The summed E-state index contributed by atoms with van der Waals surface area (Å²) in [6.45, 7) is 1.61. The van der Waals surface area contributed by atoms with E-state index in [1.54, 1.807) is 6.92 Å². The number of hydrogen-bond acceptors (Lipinski definition) is 1. The molecule has 0 bridgehead atoms. The minimum atomic E-state index is 0.186. The molecule has 0 radical (unpaired) electrons. The maximum Gasteiger partial charge on any atom is 0.134 e. The maximum atomic E-state index is 11.0. The van der Waals surface area contributed by atoms with Crippen LogP contribution in [-0.4, -0.2) is 10.8 Å². The first kappa shape index (κ1) is 9.46. The van der Waals surface area contributed by atoms with Crippen molar-refractivity contribution in [3.05, 3.63) is 34.4 Å². The molecule has 1 aromatic heterocycles. The van der Waals surface area contributed by atoms with Crippen LogP contribution >= 0.6 is 15.9 Å². The molecule has 0 amide bonds. The number of H-pyrrole nitrogens is 1. The van der Waals surface area contributed by atoms with Gasteiger partial charge in [-0.25, -0.2) is 0 Å². The van der Waals surface area contributed by atoms with E-state index in [4.69, 9.17) is 0 Å². The van der Waals surface area contributed by atoms with Gasteiger partial charge in [0.1, 0.15) is 5.78 Å². The zero-order valence-electron chi connectivity index (χ0n) is 7.80. The second-order valence-electron chi connectivity index (χ2n) is 3.38. The zero-order chi connectivity index (χ0) is 10.1. The first-order valence-corrected chi connectivity index (χ1v) is 5.21. The normalized spacial score (nSPS) is 10.7. The third-order valence-electron chi connectivity index (χ3n) is 2.17. The standard InChI is InChI=1S/C11H10BrNO/c1-7(14)4-8-6-13-11-3-2-9(12)5-10(8)11/h2-3,5-6,13H,4H2,1H3. The monoisotopic (exact) mass is 251 g/mol. The lowest BCUT2D eigenvalue weighted by molar-refractivity contribution is -0.116. The predicted octanol–water partition coefficient (Wildman–Crippen LogP) is 3.06. The molecule has 0 saturated carbocycles. The molecule has 1 N–H and O–H groups in total. The van der Waals surface area contributed by atoms with Crippen molar-refractivity contribution >= 4 is 32.6 Å². The Bertz CT molecular complexity index is 487. The summed E-state index contributed by atoms with van der Waals surface area (Å²) in [5.41, 5.74) is 2.14. The zero-order valence-corrected chi connectivity index (χ0v) is 9.39. The average Bonchev–Trinajstić information content (AvgIpc) is 2.47. The van der Waals surface area contributed by atoms with Crippen molar-refractivity contribution in [2.45, 2.75) is 13.3 Å². The van der Waals surface area contributed by atoms with Crippen molar-refractivity contribution in [2.75, 3.05) is 0 Å². The van der Waals surface area contributed by atoms with E-state index in [0.29, 0.717) is 6.42 Å². The minimum absolute atomic E-state index is 0.186. The number of hydrogen-bond donors (Lipinski definition) is 1. The molecule has 2 aromatic rings. The molecule has 72 valence electrons. The molecule has 14 heavy (non-hydrogen) atoms. The molecule has 0 fully saturated rings. The molecule has 0 aliphatic carbocycles. The Labute approximate surface area is 90.4 Å². The lowest BCUT2D eigenvalue weighted by Gasteiger charge is -1.95. The fourth-order valence-electron chi connectivity index (χ4n) is 1.57. The van der Waals surface area contributed by atoms with Gasteiger partial charge in [0.25, 0.3) is 0 Å². The number of rotatable bonds is 2. The first-order valence-electron chi connectivity index (χ1n) is 4.42. The fourth-order valence-corrected chi connectivity index (χ4v) is 1.93. The van der Waals surface area contributed by atoms with Gasteiger partial charge in [0.05, 0.1) is 0 Å². The molecular weight excluding hydrogens is 242 g/mol. The van der Waals surface area contributed by atoms with Crippen molar-refractivity contribution in [3.63, 3.8) is 0 Å². The highest BCUT2D eigenvalue weighted by molar-refractivity contribution is 9.10. The molecule has 0 aliphatic rings. The molecule has 1 heterocycles. The van der Waals surface area contributed by atoms with Crippen molar-refractivity contribution in [1.29, 1.82) is 0 Å². The number of carbonyl (C=O) groups is 1. The molecule has 1 aromatic carbocycles. The molecular formula is C11H10BrNO. The van der Waals surface area contributed by atoms with Crippen LogP contribution in [0.5, 0.6) is 0 Å². The van der Waals surface area contributed by atoms with Crippen LogP contribution in [0.25, 0.3) is 10.9 Å². The fraction of sp³-hybridized carbons (Fsp3) is 0.182. The highest BCUT2D eigenvalue weighted by Gasteiger charge is 2.05. The molecule has 0 unspecified atom stereocenters. The number of nitrogens with one attached hydrogen (secondary N) is 1. The summed E-state index contributed by atoms with van der Waals surface area (Å²) in [5, 5.41) is 1.12. The quantitative estimate of drug-likeness (QED) is 0.875. The van der Waals surface area contributed by atoms with E-state index in [1.807, 2.05) is 24.4 Å². The number of aromatic amines is 1. The van der Waals surface area contributed by atoms with Gasteiger partial charge in [-0.3, -0.25) is 4.79 Å². The topological polar surface area (TPSA) is 32.9 Å². The van der Waals surface area contributed by atoms with Crippen molar-refractivity contribution in [1.82, 2.24) is 4.98 Å². The van der Waals surface area contributed by atoms with Crippen LogP contribution in [-0.2, 0) is 11.2 Å². The summed E-state index contributed by atoms with van der Waals surface area (Å²) in [7, 11) is 0. The third kappa shape index (κ3) is 1.73. The van der Waals surface area contributed by atoms with E-state index in [1.165, 1.54) is 0 Å². The molecule has 2 rings (SSSR count). The van der Waals surface area contributed by atoms with Crippen molar-refractivity contribution in [3.8, 4) is 0 Å². The van der Waals surface area contributed by atoms with Crippen LogP contribution < -0.4 is 0 Å². The van der Waals surface area contributed by atoms with Crippen LogP contribution in [0.1, 0.15) is 12.5 Å². The van der Waals surface area contributed by atoms with Gasteiger partial charge in [0.2, 0.25) is 0 Å². The number of Topliss-reactive ketones (excluding diaryl/α,β-unsaturated/α-hetero) is 1. The number of aromatic nitrogens is 1. The third-order valence-corrected chi connectivity index (χ3v) is 2.66. The van der Waals surface area contributed by atoms with Gasteiger partial charge < -0.3 is 4.98 Å². The Morgan fingerprint density at radius 1 is 1.50 bits per heavy atom. The van der Waals surface area contributed by atoms with E-state index in [0.717, 1.165) is 20.9 Å². The molecule has 2 nitrogen and oxygen atoms in total.